The molecule has 1 aliphatic carbocycles. The normalized spacial score (nSPS) is 18.2. The number of rotatable bonds is 8. The zero-order valence-corrected chi connectivity index (χ0v) is 12.7. The van der Waals surface area contributed by atoms with E-state index >= 15 is 0 Å². The molecule has 1 unspecified atom stereocenters. The van der Waals surface area contributed by atoms with Crippen LogP contribution in [-0.2, 0) is 15.9 Å². The Kier molecular flexibility index (Phi) is 6.51. The number of fused-ring (bicyclic) bond motifs is 1. The summed E-state index contributed by atoms with van der Waals surface area (Å²) >= 11 is 0. The van der Waals surface area contributed by atoms with Crippen molar-refractivity contribution in [1.82, 2.24) is 5.32 Å². The van der Waals surface area contributed by atoms with Gasteiger partial charge >= 0.3 is 0 Å². The first-order valence-corrected chi connectivity index (χ1v) is 7.89. The van der Waals surface area contributed by atoms with Gasteiger partial charge in [-0.25, -0.2) is 0 Å². The molecule has 0 saturated carbocycles. The molecule has 1 aliphatic rings. The second kappa shape index (κ2) is 8.40. The molecule has 3 heteroatoms. The van der Waals surface area contributed by atoms with Gasteiger partial charge in [0, 0.05) is 32.2 Å². The van der Waals surface area contributed by atoms with Gasteiger partial charge in [-0.05, 0) is 44.2 Å². The van der Waals surface area contributed by atoms with E-state index in [1.54, 1.807) is 0 Å². The average molecular weight is 277 g/mol. The maximum absolute atomic E-state index is 5.58. The second-order valence-corrected chi connectivity index (χ2v) is 5.23. The van der Waals surface area contributed by atoms with Crippen molar-refractivity contribution < 1.29 is 9.47 Å². The summed E-state index contributed by atoms with van der Waals surface area (Å²) in [4.78, 5) is 0. The fourth-order valence-electron chi connectivity index (χ4n) is 2.93. The first-order chi connectivity index (χ1) is 9.85. The molecule has 1 atom stereocenters. The Morgan fingerprint density at radius 3 is 2.70 bits per heavy atom. The highest BCUT2D eigenvalue weighted by atomic mass is 16.7. The molecule has 0 heterocycles. The number of ether oxygens (including phenoxy) is 2. The van der Waals surface area contributed by atoms with Crippen molar-refractivity contribution in [1.29, 1.82) is 0 Å². The molecular formula is C17H27NO2. The summed E-state index contributed by atoms with van der Waals surface area (Å²) in [6, 6.07) is 9.29. The van der Waals surface area contributed by atoms with Crippen LogP contribution in [0.25, 0.3) is 0 Å². The Morgan fingerprint density at radius 2 is 1.95 bits per heavy atom. The van der Waals surface area contributed by atoms with Gasteiger partial charge in [0.1, 0.15) is 0 Å². The van der Waals surface area contributed by atoms with Crippen molar-refractivity contribution in [3.8, 4) is 0 Å². The molecule has 3 nitrogen and oxygen atoms in total. The SMILES string of the molecule is CCOC(CCNC1CCCc2ccccc21)OCC. The maximum atomic E-state index is 5.58. The van der Waals surface area contributed by atoms with E-state index < -0.39 is 0 Å². The molecule has 0 spiro atoms. The summed E-state index contributed by atoms with van der Waals surface area (Å²) < 4.78 is 11.2. The minimum Gasteiger partial charge on any atom is -0.353 e. The van der Waals surface area contributed by atoms with Gasteiger partial charge in [-0.15, -0.1) is 0 Å². The van der Waals surface area contributed by atoms with Gasteiger partial charge in [-0.3, -0.25) is 0 Å². The van der Waals surface area contributed by atoms with Crippen LogP contribution in [-0.4, -0.2) is 26.0 Å². The number of hydrogen-bond acceptors (Lipinski definition) is 3. The minimum atomic E-state index is -0.0728. The van der Waals surface area contributed by atoms with E-state index in [-0.39, 0.29) is 6.29 Å². The Hall–Kier alpha value is -0.900. The van der Waals surface area contributed by atoms with Crippen LogP contribution < -0.4 is 5.32 Å². The number of benzene rings is 1. The van der Waals surface area contributed by atoms with Crippen molar-refractivity contribution >= 4 is 0 Å². The molecule has 0 radical (unpaired) electrons. The topological polar surface area (TPSA) is 30.5 Å². The molecule has 1 aromatic carbocycles. The lowest BCUT2D eigenvalue weighted by molar-refractivity contribution is -0.138. The van der Waals surface area contributed by atoms with Gasteiger partial charge in [0.2, 0.25) is 0 Å². The quantitative estimate of drug-likeness (QED) is 0.738. The van der Waals surface area contributed by atoms with Crippen LogP contribution in [0.5, 0.6) is 0 Å². The zero-order valence-electron chi connectivity index (χ0n) is 12.7. The highest BCUT2D eigenvalue weighted by molar-refractivity contribution is 5.32. The maximum Gasteiger partial charge on any atom is 0.158 e. The van der Waals surface area contributed by atoms with Crippen molar-refractivity contribution in [2.75, 3.05) is 19.8 Å². The lowest BCUT2D eigenvalue weighted by Gasteiger charge is -2.27. The average Bonchev–Trinajstić information content (AvgIpc) is 2.48. The highest BCUT2D eigenvalue weighted by Gasteiger charge is 2.19. The van der Waals surface area contributed by atoms with Crippen LogP contribution in [0.2, 0.25) is 0 Å². The molecule has 112 valence electrons. The number of hydrogen-bond donors (Lipinski definition) is 1. The lowest BCUT2D eigenvalue weighted by atomic mass is 9.88. The molecule has 0 fully saturated rings. The summed E-state index contributed by atoms with van der Waals surface area (Å²) in [6.07, 6.45) is 4.55. The monoisotopic (exact) mass is 277 g/mol. The van der Waals surface area contributed by atoms with Gasteiger partial charge < -0.3 is 14.8 Å². The van der Waals surface area contributed by atoms with Crippen molar-refractivity contribution in [3.63, 3.8) is 0 Å². The molecule has 2 rings (SSSR count). The van der Waals surface area contributed by atoms with E-state index in [1.807, 2.05) is 13.8 Å². The van der Waals surface area contributed by atoms with Crippen LogP contribution in [0.15, 0.2) is 24.3 Å². The van der Waals surface area contributed by atoms with E-state index in [0.29, 0.717) is 19.3 Å². The van der Waals surface area contributed by atoms with Crippen LogP contribution >= 0.6 is 0 Å². The molecule has 1 aromatic rings. The Bertz CT molecular complexity index is 388. The van der Waals surface area contributed by atoms with Crippen LogP contribution in [0.4, 0.5) is 0 Å². The molecular weight excluding hydrogens is 250 g/mol. The third-order valence-electron chi connectivity index (χ3n) is 3.85. The first-order valence-electron chi connectivity index (χ1n) is 7.89. The minimum absolute atomic E-state index is 0.0728. The molecule has 20 heavy (non-hydrogen) atoms. The lowest BCUT2D eigenvalue weighted by Crippen LogP contribution is -2.29. The van der Waals surface area contributed by atoms with E-state index in [4.69, 9.17) is 9.47 Å². The second-order valence-electron chi connectivity index (χ2n) is 5.23. The van der Waals surface area contributed by atoms with Gasteiger partial charge in [0.15, 0.2) is 6.29 Å². The van der Waals surface area contributed by atoms with Crippen LogP contribution in [0.3, 0.4) is 0 Å². The smallest absolute Gasteiger partial charge is 0.158 e. The van der Waals surface area contributed by atoms with E-state index in [0.717, 1.165) is 13.0 Å². The molecule has 0 aromatic heterocycles. The predicted octanol–water partition coefficient (Wildman–Crippen LogP) is 3.44. The third kappa shape index (κ3) is 4.30. The standard InChI is InChI=1S/C17H27NO2/c1-3-19-17(20-4-2)12-13-18-16-11-7-9-14-8-5-6-10-15(14)16/h5-6,8,10,16-18H,3-4,7,9,11-13H2,1-2H3. The Labute approximate surface area is 122 Å². The van der Waals surface area contributed by atoms with E-state index in [2.05, 4.69) is 29.6 Å². The Balaban J connectivity index is 1.82. The van der Waals surface area contributed by atoms with Gasteiger partial charge in [0.25, 0.3) is 0 Å². The Morgan fingerprint density at radius 1 is 1.20 bits per heavy atom. The van der Waals surface area contributed by atoms with Crippen molar-refractivity contribution in [2.45, 2.75) is 51.9 Å². The van der Waals surface area contributed by atoms with E-state index in [1.165, 1.54) is 30.4 Å². The summed E-state index contributed by atoms with van der Waals surface area (Å²) in [5.41, 5.74) is 2.98. The van der Waals surface area contributed by atoms with Gasteiger partial charge in [-0.2, -0.15) is 0 Å². The summed E-state index contributed by atoms with van der Waals surface area (Å²) in [7, 11) is 0. The number of aryl methyl sites for hydroxylation is 1. The fourth-order valence-corrected chi connectivity index (χ4v) is 2.93. The highest BCUT2D eigenvalue weighted by Crippen LogP contribution is 2.29. The molecule has 0 amide bonds. The molecule has 0 aliphatic heterocycles. The van der Waals surface area contributed by atoms with Gasteiger partial charge in [0.05, 0.1) is 0 Å². The van der Waals surface area contributed by atoms with Crippen molar-refractivity contribution in [3.05, 3.63) is 35.4 Å². The van der Waals surface area contributed by atoms with Crippen molar-refractivity contribution in [2.24, 2.45) is 0 Å². The predicted molar refractivity (Wildman–Crippen MR) is 81.8 cm³/mol. The molecule has 0 saturated heterocycles. The third-order valence-corrected chi connectivity index (χ3v) is 3.85. The summed E-state index contributed by atoms with van der Waals surface area (Å²) in [5, 5.41) is 3.67. The summed E-state index contributed by atoms with van der Waals surface area (Å²) in [6.45, 7) is 6.37. The zero-order chi connectivity index (χ0) is 14.2. The largest absolute Gasteiger partial charge is 0.353 e. The first kappa shape index (κ1) is 15.5. The molecule has 1 N–H and O–H groups in total. The van der Waals surface area contributed by atoms with Gasteiger partial charge in [-0.1, -0.05) is 24.3 Å². The van der Waals surface area contributed by atoms with Crippen LogP contribution in [0.1, 0.15) is 50.3 Å². The fraction of sp³-hybridized carbons (Fsp3) is 0.647. The van der Waals surface area contributed by atoms with Crippen LogP contribution in [0, 0.1) is 0 Å². The number of nitrogens with one attached hydrogen (secondary N) is 1. The molecule has 0 bridgehead atoms. The summed E-state index contributed by atoms with van der Waals surface area (Å²) in [5.74, 6) is 0. The van der Waals surface area contributed by atoms with E-state index in [9.17, 15) is 0 Å².